The maximum absolute atomic E-state index is 11.4. The highest BCUT2D eigenvalue weighted by atomic mass is 16.6. The smallest absolute Gasteiger partial charge is 0.293 e. The molecule has 0 bridgehead atoms. The van der Waals surface area contributed by atoms with Crippen LogP contribution in [0.3, 0.4) is 0 Å². The first-order valence-electron chi connectivity index (χ1n) is 6.84. The van der Waals surface area contributed by atoms with Crippen molar-refractivity contribution in [2.45, 2.75) is 0 Å². The van der Waals surface area contributed by atoms with Crippen molar-refractivity contribution in [2.24, 2.45) is 0 Å². The number of hydrogen-bond acceptors (Lipinski definition) is 7. The Morgan fingerprint density at radius 1 is 1.23 bits per heavy atom. The van der Waals surface area contributed by atoms with Gasteiger partial charge >= 0.3 is 0 Å². The number of nitro groups is 1. The van der Waals surface area contributed by atoms with E-state index in [-0.39, 0.29) is 10.6 Å². The van der Waals surface area contributed by atoms with Crippen molar-refractivity contribution >= 4 is 17.2 Å². The second kappa shape index (κ2) is 5.94. The molecule has 0 unspecified atom stereocenters. The maximum Gasteiger partial charge on any atom is 0.293 e. The molecule has 0 amide bonds. The van der Waals surface area contributed by atoms with Crippen molar-refractivity contribution in [3.05, 3.63) is 40.7 Å². The summed E-state index contributed by atoms with van der Waals surface area (Å²) < 4.78 is 5.28. The number of hydrogen-bond donors (Lipinski definition) is 1. The Morgan fingerprint density at radius 3 is 2.64 bits per heavy atom. The molecule has 8 heteroatoms. The number of nitrogens with two attached hydrogens (primary N) is 1. The molecule has 2 aromatic rings. The molecule has 0 radical (unpaired) electrons. The van der Waals surface area contributed by atoms with Gasteiger partial charge < -0.3 is 15.4 Å². The average Bonchev–Trinajstić information content (AvgIpc) is 2.56. The van der Waals surface area contributed by atoms with Gasteiger partial charge in [-0.25, -0.2) is 4.98 Å². The molecule has 3 rings (SSSR count). The van der Waals surface area contributed by atoms with E-state index in [1.807, 2.05) is 4.90 Å². The van der Waals surface area contributed by atoms with E-state index in [1.165, 1.54) is 18.5 Å². The van der Waals surface area contributed by atoms with Gasteiger partial charge in [-0.2, -0.15) is 0 Å². The van der Waals surface area contributed by atoms with Crippen LogP contribution in [0.15, 0.2) is 30.6 Å². The number of aromatic nitrogens is 2. The minimum atomic E-state index is -0.376. The van der Waals surface area contributed by atoms with Gasteiger partial charge in [-0.1, -0.05) is 6.07 Å². The fraction of sp³-hybridized carbons (Fsp3) is 0.286. The number of ether oxygens (including phenoxy) is 1. The van der Waals surface area contributed by atoms with Gasteiger partial charge in [0, 0.05) is 24.7 Å². The molecule has 0 atom stereocenters. The summed E-state index contributed by atoms with van der Waals surface area (Å²) in [7, 11) is 0. The first-order valence-corrected chi connectivity index (χ1v) is 6.84. The fourth-order valence-corrected chi connectivity index (χ4v) is 2.39. The van der Waals surface area contributed by atoms with Gasteiger partial charge in [0.2, 0.25) is 0 Å². The SMILES string of the molecule is Nc1cnc(-c2ccc(N3CCOCC3)c([N+](=O)[O-])c2)cn1. The minimum absolute atomic E-state index is 0.0537. The summed E-state index contributed by atoms with van der Waals surface area (Å²) >= 11 is 0. The second-order valence-corrected chi connectivity index (χ2v) is 4.89. The molecule has 2 heterocycles. The Kier molecular flexibility index (Phi) is 3.84. The lowest BCUT2D eigenvalue weighted by Crippen LogP contribution is -2.36. The van der Waals surface area contributed by atoms with Crippen LogP contribution in [0.5, 0.6) is 0 Å². The van der Waals surface area contributed by atoms with E-state index >= 15 is 0 Å². The topological polar surface area (TPSA) is 107 Å². The number of anilines is 2. The van der Waals surface area contributed by atoms with Crippen LogP contribution in [0.1, 0.15) is 0 Å². The second-order valence-electron chi connectivity index (χ2n) is 4.89. The third-order valence-electron chi connectivity index (χ3n) is 3.49. The molecule has 0 spiro atoms. The molecule has 2 N–H and O–H groups in total. The molecule has 1 fully saturated rings. The molecular formula is C14H15N5O3. The number of rotatable bonds is 3. The highest BCUT2D eigenvalue weighted by molar-refractivity contribution is 5.72. The largest absolute Gasteiger partial charge is 0.382 e. The lowest BCUT2D eigenvalue weighted by molar-refractivity contribution is -0.384. The van der Waals surface area contributed by atoms with E-state index in [2.05, 4.69) is 9.97 Å². The summed E-state index contributed by atoms with van der Waals surface area (Å²) in [6, 6.07) is 5.07. The van der Waals surface area contributed by atoms with E-state index in [0.29, 0.717) is 49.1 Å². The first-order chi connectivity index (χ1) is 10.6. The van der Waals surface area contributed by atoms with E-state index < -0.39 is 0 Å². The standard InChI is InChI=1S/C14H15N5O3/c15-14-9-16-11(8-17-14)10-1-2-12(13(7-10)19(20)21)18-3-5-22-6-4-18/h1-2,7-9H,3-6H2,(H2,15,17). The molecule has 1 aliphatic heterocycles. The van der Waals surface area contributed by atoms with Crippen LogP contribution in [0.25, 0.3) is 11.3 Å². The van der Waals surface area contributed by atoms with Gasteiger partial charge in [0.1, 0.15) is 11.5 Å². The monoisotopic (exact) mass is 301 g/mol. The van der Waals surface area contributed by atoms with Crippen molar-refractivity contribution in [3.8, 4) is 11.3 Å². The van der Waals surface area contributed by atoms with E-state index in [4.69, 9.17) is 10.5 Å². The molecule has 114 valence electrons. The summed E-state index contributed by atoms with van der Waals surface area (Å²) in [5, 5.41) is 11.4. The third-order valence-corrected chi connectivity index (χ3v) is 3.49. The predicted molar refractivity (Wildman–Crippen MR) is 81.6 cm³/mol. The Bertz CT molecular complexity index is 683. The Morgan fingerprint density at radius 2 is 2.00 bits per heavy atom. The lowest BCUT2D eigenvalue weighted by atomic mass is 10.1. The Hall–Kier alpha value is -2.74. The van der Waals surface area contributed by atoms with Crippen LogP contribution in [0.4, 0.5) is 17.2 Å². The summed E-state index contributed by atoms with van der Waals surface area (Å²) in [6.45, 7) is 2.43. The zero-order valence-corrected chi connectivity index (χ0v) is 11.8. The molecule has 1 aliphatic rings. The van der Waals surface area contributed by atoms with Crippen LogP contribution in [-0.2, 0) is 4.74 Å². The van der Waals surface area contributed by atoms with Crippen LogP contribution in [-0.4, -0.2) is 41.2 Å². The molecule has 8 nitrogen and oxygen atoms in total. The number of nitrogens with zero attached hydrogens (tertiary/aromatic N) is 4. The summed E-state index contributed by atoms with van der Waals surface area (Å²) in [4.78, 5) is 21.1. The van der Waals surface area contributed by atoms with Gasteiger partial charge in [0.25, 0.3) is 5.69 Å². The predicted octanol–water partition coefficient (Wildman–Crippen LogP) is 1.47. The maximum atomic E-state index is 11.4. The van der Waals surface area contributed by atoms with Crippen LogP contribution < -0.4 is 10.6 Å². The average molecular weight is 301 g/mol. The Balaban J connectivity index is 1.99. The highest BCUT2D eigenvalue weighted by Gasteiger charge is 2.22. The quantitative estimate of drug-likeness (QED) is 0.675. The molecule has 1 aromatic heterocycles. The van der Waals surface area contributed by atoms with Crippen LogP contribution in [0, 0.1) is 10.1 Å². The van der Waals surface area contributed by atoms with Crippen molar-refractivity contribution < 1.29 is 9.66 Å². The molecular weight excluding hydrogens is 286 g/mol. The van der Waals surface area contributed by atoms with E-state index in [0.717, 1.165) is 0 Å². The van der Waals surface area contributed by atoms with Crippen LogP contribution >= 0.6 is 0 Å². The van der Waals surface area contributed by atoms with Gasteiger partial charge in [-0.05, 0) is 6.07 Å². The number of nitro benzene ring substituents is 1. The molecule has 1 saturated heterocycles. The van der Waals surface area contributed by atoms with E-state index in [1.54, 1.807) is 12.1 Å². The van der Waals surface area contributed by atoms with Crippen LogP contribution in [0.2, 0.25) is 0 Å². The molecule has 0 aliphatic carbocycles. The fourth-order valence-electron chi connectivity index (χ4n) is 2.39. The highest BCUT2D eigenvalue weighted by Crippen LogP contribution is 2.32. The van der Waals surface area contributed by atoms with Crippen molar-refractivity contribution in [1.29, 1.82) is 0 Å². The summed E-state index contributed by atoms with van der Waals surface area (Å²) in [5.74, 6) is 0.309. The number of benzene rings is 1. The number of morpholine rings is 1. The molecule has 1 aromatic carbocycles. The zero-order valence-electron chi connectivity index (χ0n) is 11.8. The normalized spacial score (nSPS) is 14.8. The summed E-state index contributed by atoms with van der Waals surface area (Å²) in [6.07, 6.45) is 2.93. The van der Waals surface area contributed by atoms with Gasteiger partial charge in [-0.15, -0.1) is 0 Å². The first kappa shape index (κ1) is 14.2. The van der Waals surface area contributed by atoms with E-state index in [9.17, 15) is 10.1 Å². The number of nitrogen functional groups attached to an aromatic ring is 1. The van der Waals surface area contributed by atoms with Crippen molar-refractivity contribution in [3.63, 3.8) is 0 Å². The van der Waals surface area contributed by atoms with Gasteiger partial charge in [0.05, 0.1) is 36.2 Å². The van der Waals surface area contributed by atoms with Gasteiger partial charge in [0.15, 0.2) is 0 Å². The third kappa shape index (κ3) is 2.82. The molecule has 0 saturated carbocycles. The molecule has 22 heavy (non-hydrogen) atoms. The van der Waals surface area contributed by atoms with Crippen molar-refractivity contribution in [1.82, 2.24) is 9.97 Å². The minimum Gasteiger partial charge on any atom is -0.382 e. The van der Waals surface area contributed by atoms with Gasteiger partial charge in [-0.3, -0.25) is 15.1 Å². The lowest BCUT2D eigenvalue weighted by Gasteiger charge is -2.28. The van der Waals surface area contributed by atoms with Crippen molar-refractivity contribution in [2.75, 3.05) is 36.9 Å². The zero-order chi connectivity index (χ0) is 15.5. The summed E-state index contributed by atoms with van der Waals surface area (Å²) in [5.41, 5.74) is 7.34. The Labute approximate surface area is 126 Å².